The fourth-order valence-electron chi connectivity index (χ4n) is 2.35. The van der Waals surface area contributed by atoms with Gasteiger partial charge in [0, 0.05) is 19.5 Å². The number of likely N-dealkylation sites (N-methyl/N-ethyl adjacent to an activating group) is 1. The maximum atomic E-state index is 8.64. The predicted molar refractivity (Wildman–Crippen MR) is 70.4 cm³/mol. The number of likely N-dealkylation sites (tertiary alicyclic amines) is 1. The van der Waals surface area contributed by atoms with E-state index in [0.717, 1.165) is 18.1 Å². The van der Waals surface area contributed by atoms with E-state index in [1.165, 1.54) is 19.4 Å². The van der Waals surface area contributed by atoms with Gasteiger partial charge in [0.05, 0.1) is 11.8 Å². The molecule has 1 aliphatic heterocycles. The van der Waals surface area contributed by atoms with Gasteiger partial charge in [0.2, 0.25) is 0 Å². The Hall–Kier alpha value is -1.67. The van der Waals surface area contributed by atoms with Crippen LogP contribution in [0.4, 0.5) is 5.82 Å². The zero-order chi connectivity index (χ0) is 13.0. The van der Waals surface area contributed by atoms with E-state index in [0.29, 0.717) is 12.5 Å². The molecular weight excluding hydrogens is 226 g/mol. The van der Waals surface area contributed by atoms with E-state index in [1.54, 1.807) is 4.90 Å². The number of rotatable bonds is 3. The summed E-state index contributed by atoms with van der Waals surface area (Å²) in [5.74, 6) is 1.25. The molecule has 96 valence electrons. The molecule has 5 heteroatoms. The number of nitrogens with zero attached hydrogens (tertiary/aromatic N) is 5. The third-order valence-corrected chi connectivity index (χ3v) is 3.41. The van der Waals surface area contributed by atoms with Crippen molar-refractivity contribution in [3.63, 3.8) is 0 Å². The fraction of sp³-hybridized carbons (Fsp3) is 0.615. The normalized spacial score (nSPS) is 20.4. The fourth-order valence-corrected chi connectivity index (χ4v) is 2.35. The first kappa shape index (κ1) is 12.8. The molecule has 0 bridgehead atoms. The van der Waals surface area contributed by atoms with Gasteiger partial charge in [-0.2, -0.15) is 10.4 Å². The first-order valence-corrected chi connectivity index (χ1v) is 6.31. The molecule has 1 aliphatic rings. The molecule has 0 amide bonds. The zero-order valence-corrected chi connectivity index (χ0v) is 11.0. The van der Waals surface area contributed by atoms with Crippen molar-refractivity contribution in [2.24, 2.45) is 0 Å². The number of hydrogen-bond donors (Lipinski definition) is 0. The lowest BCUT2D eigenvalue weighted by atomic mass is 9.95. The summed E-state index contributed by atoms with van der Waals surface area (Å²) in [6.45, 7) is 2.56. The van der Waals surface area contributed by atoms with Crippen molar-refractivity contribution in [3.05, 3.63) is 17.8 Å². The number of aromatic nitrogens is 2. The van der Waals surface area contributed by atoms with Crippen molar-refractivity contribution < 1.29 is 0 Å². The van der Waals surface area contributed by atoms with Crippen LogP contribution in [0.2, 0.25) is 0 Å². The minimum atomic E-state index is 0.334. The van der Waals surface area contributed by atoms with Crippen molar-refractivity contribution in [1.82, 2.24) is 15.1 Å². The summed E-state index contributed by atoms with van der Waals surface area (Å²) in [5.41, 5.74) is 1.07. The van der Waals surface area contributed by atoms with Gasteiger partial charge in [0.1, 0.15) is 6.54 Å². The van der Waals surface area contributed by atoms with Gasteiger partial charge in [-0.3, -0.25) is 0 Å². The van der Waals surface area contributed by atoms with Crippen LogP contribution in [0.5, 0.6) is 0 Å². The maximum absolute atomic E-state index is 8.64. The highest BCUT2D eigenvalue weighted by atomic mass is 15.2. The van der Waals surface area contributed by atoms with Crippen LogP contribution < -0.4 is 4.90 Å². The Balaban J connectivity index is 2.05. The van der Waals surface area contributed by atoms with Gasteiger partial charge >= 0.3 is 0 Å². The van der Waals surface area contributed by atoms with Gasteiger partial charge in [0.25, 0.3) is 0 Å². The van der Waals surface area contributed by atoms with Gasteiger partial charge in [-0.15, -0.1) is 5.10 Å². The molecule has 1 aromatic rings. The number of anilines is 1. The van der Waals surface area contributed by atoms with E-state index in [1.807, 2.05) is 19.2 Å². The Kier molecular flexibility index (Phi) is 4.11. The van der Waals surface area contributed by atoms with E-state index in [9.17, 15) is 0 Å². The molecular formula is C13H19N5. The lowest BCUT2D eigenvalue weighted by Crippen LogP contribution is -2.31. The smallest absolute Gasteiger partial charge is 0.151 e. The Bertz CT molecular complexity index is 422. The molecule has 1 atom stereocenters. The minimum Gasteiger partial charge on any atom is -0.345 e. The van der Waals surface area contributed by atoms with Crippen LogP contribution in [0.1, 0.15) is 24.5 Å². The summed E-state index contributed by atoms with van der Waals surface area (Å²) in [4.78, 5) is 4.13. The van der Waals surface area contributed by atoms with Crippen molar-refractivity contribution >= 4 is 5.82 Å². The number of hydrogen-bond acceptors (Lipinski definition) is 5. The van der Waals surface area contributed by atoms with Crippen LogP contribution in [-0.4, -0.2) is 48.8 Å². The molecule has 1 aromatic heterocycles. The summed E-state index contributed by atoms with van der Waals surface area (Å²) in [6.07, 6.45) is 2.41. The summed E-state index contributed by atoms with van der Waals surface area (Å²) in [5, 5.41) is 17.2. The van der Waals surface area contributed by atoms with Crippen LogP contribution >= 0.6 is 0 Å². The second kappa shape index (κ2) is 5.78. The molecule has 1 saturated heterocycles. The van der Waals surface area contributed by atoms with Crippen LogP contribution in [0, 0.1) is 11.3 Å². The summed E-state index contributed by atoms with van der Waals surface area (Å²) in [7, 11) is 4.00. The Morgan fingerprint density at radius 3 is 2.94 bits per heavy atom. The highest BCUT2D eigenvalue weighted by Gasteiger charge is 2.20. The monoisotopic (exact) mass is 245 g/mol. The topological polar surface area (TPSA) is 56.0 Å². The average Bonchev–Trinajstić information content (AvgIpc) is 2.39. The Labute approximate surface area is 108 Å². The molecule has 0 aliphatic carbocycles. The zero-order valence-electron chi connectivity index (χ0n) is 11.0. The molecule has 2 heterocycles. The first-order valence-electron chi connectivity index (χ1n) is 6.31. The summed E-state index contributed by atoms with van der Waals surface area (Å²) < 4.78 is 0. The molecule has 0 spiro atoms. The lowest BCUT2D eigenvalue weighted by Gasteiger charge is -2.29. The van der Waals surface area contributed by atoms with E-state index >= 15 is 0 Å². The standard InChI is InChI=1S/C13H19N5/c1-17-8-3-4-11(10-17)12-5-6-13(16-15-12)18(2)9-7-14/h5-6,11H,3-4,8-10H2,1-2H3. The largest absolute Gasteiger partial charge is 0.345 e. The average molecular weight is 245 g/mol. The predicted octanol–water partition coefficient (Wildman–Crippen LogP) is 1.25. The maximum Gasteiger partial charge on any atom is 0.151 e. The molecule has 1 fully saturated rings. The Morgan fingerprint density at radius 2 is 2.33 bits per heavy atom. The number of nitriles is 1. The molecule has 0 saturated carbocycles. The first-order chi connectivity index (χ1) is 8.70. The van der Waals surface area contributed by atoms with E-state index in [2.05, 4.69) is 28.2 Å². The molecule has 18 heavy (non-hydrogen) atoms. The molecule has 0 radical (unpaired) electrons. The van der Waals surface area contributed by atoms with Crippen molar-refractivity contribution in [3.8, 4) is 6.07 Å². The highest BCUT2D eigenvalue weighted by Crippen LogP contribution is 2.24. The van der Waals surface area contributed by atoms with Gasteiger partial charge in [-0.05, 0) is 38.6 Å². The highest BCUT2D eigenvalue weighted by molar-refractivity contribution is 5.37. The molecule has 5 nitrogen and oxygen atoms in total. The van der Waals surface area contributed by atoms with E-state index in [-0.39, 0.29) is 0 Å². The van der Waals surface area contributed by atoms with Gasteiger partial charge < -0.3 is 9.80 Å². The van der Waals surface area contributed by atoms with Crippen LogP contribution in [0.15, 0.2) is 12.1 Å². The third kappa shape index (κ3) is 2.96. The van der Waals surface area contributed by atoms with Gasteiger partial charge in [-0.1, -0.05) is 0 Å². The second-order valence-electron chi connectivity index (χ2n) is 4.93. The molecule has 0 N–H and O–H groups in total. The molecule has 1 unspecified atom stereocenters. The molecule has 2 rings (SSSR count). The summed E-state index contributed by atoms with van der Waals surface area (Å²) in [6, 6.07) is 6.10. The summed E-state index contributed by atoms with van der Waals surface area (Å²) >= 11 is 0. The van der Waals surface area contributed by atoms with Gasteiger partial charge in [-0.25, -0.2) is 0 Å². The SMILES string of the molecule is CN1CCCC(c2ccc(N(C)CC#N)nn2)C1. The van der Waals surface area contributed by atoms with E-state index in [4.69, 9.17) is 5.26 Å². The lowest BCUT2D eigenvalue weighted by molar-refractivity contribution is 0.248. The minimum absolute atomic E-state index is 0.334. The van der Waals surface area contributed by atoms with Gasteiger partial charge in [0.15, 0.2) is 5.82 Å². The van der Waals surface area contributed by atoms with Crippen molar-refractivity contribution in [1.29, 1.82) is 5.26 Å². The van der Waals surface area contributed by atoms with Crippen LogP contribution in [-0.2, 0) is 0 Å². The third-order valence-electron chi connectivity index (χ3n) is 3.41. The number of piperidine rings is 1. The van der Waals surface area contributed by atoms with E-state index < -0.39 is 0 Å². The van der Waals surface area contributed by atoms with Crippen LogP contribution in [0.3, 0.4) is 0 Å². The van der Waals surface area contributed by atoms with Crippen LogP contribution in [0.25, 0.3) is 0 Å². The van der Waals surface area contributed by atoms with Crippen molar-refractivity contribution in [2.75, 3.05) is 38.6 Å². The Morgan fingerprint density at radius 1 is 1.50 bits per heavy atom. The second-order valence-corrected chi connectivity index (χ2v) is 4.93. The van der Waals surface area contributed by atoms with Crippen molar-refractivity contribution in [2.45, 2.75) is 18.8 Å². The quantitative estimate of drug-likeness (QED) is 0.750. The molecule has 0 aromatic carbocycles.